The minimum Gasteiger partial charge on any atom is -0.478 e. The van der Waals surface area contributed by atoms with Gasteiger partial charge < -0.3 is 10.0 Å². The van der Waals surface area contributed by atoms with Crippen molar-refractivity contribution in [1.82, 2.24) is 4.90 Å². The van der Waals surface area contributed by atoms with Crippen LogP contribution >= 0.6 is 0 Å². The van der Waals surface area contributed by atoms with Crippen LogP contribution in [0.5, 0.6) is 0 Å². The number of nitrogens with zero attached hydrogens (tertiary/aromatic N) is 3. The van der Waals surface area contributed by atoms with E-state index in [1.54, 1.807) is 18.2 Å². The van der Waals surface area contributed by atoms with Crippen molar-refractivity contribution in [3.63, 3.8) is 0 Å². The van der Waals surface area contributed by atoms with Gasteiger partial charge in [0.1, 0.15) is 0 Å². The molecule has 2 aromatic carbocycles. The molecule has 2 aromatic rings. The molecule has 1 fully saturated rings. The monoisotopic (exact) mass is 469 g/mol. The number of rotatable bonds is 4. The molecule has 5 heteroatoms. The second kappa shape index (κ2) is 8.80. The van der Waals surface area contributed by atoms with Crippen molar-refractivity contribution in [1.29, 1.82) is 0 Å². The molecular weight excluding hydrogens is 434 g/mol. The molecule has 5 nitrogen and oxygen atoms in total. The Hall–Kier alpha value is -3.18. The highest BCUT2D eigenvalue weighted by Crippen LogP contribution is 2.49. The maximum atomic E-state index is 11.6. The standard InChI is InChI=1S/C30H35N3O2/c1-6-33-14-8-10-19-16-24-26(18-27(19)33)30(2,3)25-17-22(32(4)5)12-13-23(25)28(24)31-21-11-7-9-20(15-21)29(34)35/h7,9,11-13,15-19,27H,6,8,10,14H2,1-5H3,(H,34,35). The average molecular weight is 470 g/mol. The topological polar surface area (TPSA) is 56.1 Å². The summed E-state index contributed by atoms with van der Waals surface area (Å²) >= 11 is 0. The van der Waals surface area contributed by atoms with Crippen LogP contribution < -0.4 is 4.90 Å². The van der Waals surface area contributed by atoms with Crippen LogP contribution in [0.4, 0.5) is 11.4 Å². The van der Waals surface area contributed by atoms with Crippen molar-refractivity contribution < 1.29 is 9.90 Å². The number of aromatic carboxylic acids is 1. The molecule has 0 amide bonds. The summed E-state index contributed by atoms with van der Waals surface area (Å²) in [6.07, 6.45) is 7.37. The lowest BCUT2D eigenvalue weighted by molar-refractivity contribution is 0.0697. The molecule has 1 heterocycles. The first kappa shape index (κ1) is 23.6. The van der Waals surface area contributed by atoms with Gasteiger partial charge in [-0.2, -0.15) is 0 Å². The lowest BCUT2D eigenvalue weighted by Gasteiger charge is -2.46. The highest BCUT2D eigenvalue weighted by molar-refractivity contribution is 6.19. The lowest BCUT2D eigenvalue weighted by Crippen LogP contribution is -2.47. The molecule has 1 saturated heterocycles. The number of anilines is 1. The highest BCUT2D eigenvalue weighted by atomic mass is 16.4. The van der Waals surface area contributed by atoms with Gasteiger partial charge in [0.2, 0.25) is 0 Å². The Balaban J connectivity index is 1.75. The molecule has 1 N–H and O–H groups in total. The van der Waals surface area contributed by atoms with E-state index in [2.05, 4.69) is 75.0 Å². The molecule has 5 rings (SSSR count). The predicted molar refractivity (Wildman–Crippen MR) is 143 cm³/mol. The number of aliphatic imine (C=N–C) groups is 1. The molecule has 0 radical (unpaired) electrons. The summed E-state index contributed by atoms with van der Waals surface area (Å²) in [5.41, 5.74) is 7.80. The number of benzene rings is 2. The van der Waals surface area contributed by atoms with Gasteiger partial charge in [0.15, 0.2) is 0 Å². The minimum absolute atomic E-state index is 0.170. The summed E-state index contributed by atoms with van der Waals surface area (Å²) in [6.45, 7) is 9.11. The van der Waals surface area contributed by atoms with E-state index < -0.39 is 5.97 Å². The number of carboxylic acid groups (broad SMARTS) is 1. The number of allylic oxidation sites excluding steroid dienone is 2. The molecule has 0 saturated carbocycles. The van der Waals surface area contributed by atoms with Crippen molar-refractivity contribution in [2.24, 2.45) is 10.9 Å². The number of hydrogen-bond acceptors (Lipinski definition) is 4. The van der Waals surface area contributed by atoms with Gasteiger partial charge >= 0.3 is 5.97 Å². The van der Waals surface area contributed by atoms with Gasteiger partial charge in [0.25, 0.3) is 0 Å². The van der Waals surface area contributed by atoms with E-state index in [0.717, 1.165) is 24.4 Å². The van der Waals surface area contributed by atoms with E-state index in [0.29, 0.717) is 17.6 Å². The Morgan fingerprint density at radius 3 is 2.69 bits per heavy atom. The molecule has 182 valence electrons. The third kappa shape index (κ3) is 4.02. The van der Waals surface area contributed by atoms with Gasteiger partial charge in [-0.25, -0.2) is 9.79 Å². The van der Waals surface area contributed by atoms with E-state index >= 15 is 0 Å². The van der Waals surface area contributed by atoms with E-state index in [-0.39, 0.29) is 11.0 Å². The maximum Gasteiger partial charge on any atom is 0.335 e. The van der Waals surface area contributed by atoms with Gasteiger partial charge in [-0.05, 0) is 73.3 Å². The van der Waals surface area contributed by atoms with E-state index in [4.69, 9.17) is 4.99 Å². The zero-order chi connectivity index (χ0) is 24.9. The molecule has 1 aliphatic heterocycles. The summed E-state index contributed by atoms with van der Waals surface area (Å²) in [7, 11) is 4.14. The first-order valence-corrected chi connectivity index (χ1v) is 12.6. The Morgan fingerprint density at radius 2 is 1.97 bits per heavy atom. The van der Waals surface area contributed by atoms with Crippen molar-refractivity contribution in [3.8, 4) is 0 Å². The molecule has 2 atom stereocenters. The predicted octanol–water partition coefficient (Wildman–Crippen LogP) is 5.83. The van der Waals surface area contributed by atoms with Crippen molar-refractivity contribution in [2.45, 2.75) is 45.1 Å². The Kier molecular flexibility index (Phi) is 5.92. The number of hydrogen-bond donors (Lipinski definition) is 1. The average Bonchev–Trinajstić information content (AvgIpc) is 2.85. The Morgan fingerprint density at radius 1 is 1.17 bits per heavy atom. The zero-order valence-corrected chi connectivity index (χ0v) is 21.4. The van der Waals surface area contributed by atoms with E-state index in [1.165, 1.54) is 35.2 Å². The fourth-order valence-corrected chi connectivity index (χ4v) is 6.00. The van der Waals surface area contributed by atoms with E-state index in [1.807, 2.05) is 6.07 Å². The first-order chi connectivity index (χ1) is 16.7. The number of carboxylic acids is 1. The molecular formula is C30H35N3O2. The summed E-state index contributed by atoms with van der Waals surface area (Å²) in [5, 5.41) is 9.51. The second-order valence-corrected chi connectivity index (χ2v) is 10.7. The smallest absolute Gasteiger partial charge is 0.335 e. The number of likely N-dealkylation sites (N-methyl/N-ethyl adjacent to an activating group) is 1. The van der Waals surface area contributed by atoms with Crippen molar-refractivity contribution >= 4 is 23.1 Å². The summed E-state index contributed by atoms with van der Waals surface area (Å²) in [4.78, 5) is 21.5. The van der Waals surface area contributed by atoms with Crippen LogP contribution in [0.2, 0.25) is 0 Å². The molecule has 35 heavy (non-hydrogen) atoms. The fraction of sp³-hybridized carbons (Fsp3) is 0.400. The third-order valence-electron chi connectivity index (χ3n) is 7.97. The minimum atomic E-state index is -0.935. The molecule has 3 aliphatic rings. The summed E-state index contributed by atoms with van der Waals surface area (Å²) in [5.74, 6) is -0.466. The van der Waals surface area contributed by atoms with Gasteiger partial charge in [0, 0.05) is 42.4 Å². The highest BCUT2D eigenvalue weighted by Gasteiger charge is 2.43. The fourth-order valence-electron chi connectivity index (χ4n) is 6.00. The molecule has 0 bridgehead atoms. The number of carbonyl (C=O) groups is 1. The zero-order valence-electron chi connectivity index (χ0n) is 21.4. The quantitative estimate of drug-likeness (QED) is 0.612. The molecule has 0 aromatic heterocycles. The van der Waals surface area contributed by atoms with Gasteiger partial charge in [-0.1, -0.05) is 45.1 Å². The van der Waals surface area contributed by atoms with Gasteiger partial charge in [0.05, 0.1) is 17.0 Å². The van der Waals surface area contributed by atoms with E-state index in [9.17, 15) is 9.90 Å². The summed E-state index contributed by atoms with van der Waals surface area (Å²) in [6, 6.07) is 14.0. The van der Waals surface area contributed by atoms with Crippen LogP contribution in [0.15, 0.2) is 70.8 Å². The molecule has 2 aliphatic carbocycles. The number of piperidine rings is 1. The van der Waals surface area contributed by atoms with Crippen molar-refractivity contribution in [3.05, 3.63) is 82.5 Å². The van der Waals surface area contributed by atoms with Crippen LogP contribution in [0.3, 0.4) is 0 Å². The van der Waals surface area contributed by atoms with Gasteiger partial charge in [-0.15, -0.1) is 0 Å². The SMILES string of the molecule is CCN1CCCC2C=C3C(=CC21)C(C)(C)c1cc(N(C)C)ccc1C3=Nc1cccc(C(=O)O)c1. The molecule has 2 unspecified atom stereocenters. The van der Waals surface area contributed by atoms with Crippen LogP contribution in [0.1, 0.15) is 55.1 Å². The number of fused-ring (bicyclic) bond motifs is 3. The first-order valence-electron chi connectivity index (χ1n) is 12.6. The number of likely N-dealkylation sites (tertiary alicyclic amines) is 1. The Labute approximate surface area is 208 Å². The van der Waals surface area contributed by atoms with Gasteiger partial charge in [-0.3, -0.25) is 4.90 Å². The normalized spacial score (nSPS) is 24.1. The van der Waals surface area contributed by atoms with Crippen LogP contribution in [0, 0.1) is 5.92 Å². The second-order valence-electron chi connectivity index (χ2n) is 10.7. The third-order valence-corrected chi connectivity index (χ3v) is 7.97. The largest absolute Gasteiger partial charge is 0.478 e. The molecule has 0 spiro atoms. The van der Waals surface area contributed by atoms with Crippen LogP contribution in [0.25, 0.3) is 0 Å². The lowest BCUT2D eigenvalue weighted by atomic mass is 9.62. The summed E-state index contributed by atoms with van der Waals surface area (Å²) < 4.78 is 0. The van der Waals surface area contributed by atoms with Crippen molar-refractivity contribution in [2.75, 3.05) is 32.1 Å². The van der Waals surface area contributed by atoms with Crippen LogP contribution in [-0.2, 0) is 5.41 Å². The Bertz CT molecular complexity index is 1270. The maximum absolute atomic E-state index is 11.6. The van der Waals surface area contributed by atoms with Crippen LogP contribution in [-0.4, -0.2) is 54.9 Å².